The maximum atomic E-state index is 13.7. The Labute approximate surface area is 113 Å². The molecule has 4 heteroatoms. The fourth-order valence-corrected chi connectivity index (χ4v) is 2.67. The van der Waals surface area contributed by atoms with Gasteiger partial charge in [0.15, 0.2) is 11.6 Å². The van der Waals surface area contributed by atoms with Crippen LogP contribution in [0.4, 0.5) is 8.78 Å². The molecule has 1 aliphatic heterocycles. The van der Waals surface area contributed by atoms with Crippen molar-refractivity contribution in [2.24, 2.45) is 5.92 Å². The Morgan fingerprint density at radius 3 is 2.95 bits per heavy atom. The molecular formula is C15H21F2NO. The van der Waals surface area contributed by atoms with Crippen LogP contribution in [-0.4, -0.2) is 19.3 Å². The van der Waals surface area contributed by atoms with Gasteiger partial charge >= 0.3 is 0 Å². The molecule has 0 amide bonds. The van der Waals surface area contributed by atoms with E-state index in [1.807, 2.05) is 6.92 Å². The van der Waals surface area contributed by atoms with E-state index in [2.05, 4.69) is 12.2 Å². The van der Waals surface area contributed by atoms with Gasteiger partial charge in [0.05, 0.1) is 6.10 Å². The molecule has 1 aliphatic rings. The summed E-state index contributed by atoms with van der Waals surface area (Å²) >= 11 is 0. The Morgan fingerprint density at radius 1 is 1.42 bits per heavy atom. The lowest BCUT2D eigenvalue weighted by Crippen LogP contribution is -2.30. The number of benzene rings is 1. The van der Waals surface area contributed by atoms with Crippen LogP contribution in [0, 0.1) is 17.6 Å². The van der Waals surface area contributed by atoms with Crippen LogP contribution in [0.5, 0.6) is 0 Å². The number of halogens is 2. The van der Waals surface area contributed by atoms with Crippen LogP contribution in [0.1, 0.15) is 38.3 Å². The van der Waals surface area contributed by atoms with E-state index in [-0.39, 0.29) is 12.1 Å². The van der Waals surface area contributed by atoms with Gasteiger partial charge in [0.25, 0.3) is 0 Å². The van der Waals surface area contributed by atoms with Crippen molar-refractivity contribution in [2.75, 3.05) is 13.2 Å². The number of nitrogens with one attached hydrogen (secondary N) is 1. The fraction of sp³-hybridized carbons (Fsp3) is 0.600. The molecule has 1 aromatic rings. The maximum Gasteiger partial charge on any atom is 0.163 e. The lowest BCUT2D eigenvalue weighted by Gasteiger charge is -2.21. The minimum Gasteiger partial charge on any atom is -0.378 e. The average molecular weight is 269 g/mol. The van der Waals surface area contributed by atoms with Gasteiger partial charge in [-0.1, -0.05) is 19.1 Å². The van der Waals surface area contributed by atoms with Crippen LogP contribution in [0.3, 0.4) is 0 Å². The molecule has 0 bridgehead atoms. The van der Waals surface area contributed by atoms with Crippen molar-refractivity contribution in [2.45, 2.75) is 38.8 Å². The number of rotatable bonds is 5. The van der Waals surface area contributed by atoms with Gasteiger partial charge in [0.1, 0.15) is 0 Å². The van der Waals surface area contributed by atoms with Crippen molar-refractivity contribution < 1.29 is 13.5 Å². The zero-order chi connectivity index (χ0) is 13.8. The van der Waals surface area contributed by atoms with E-state index >= 15 is 0 Å². The predicted molar refractivity (Wildman–Crippen MR) is 70.9 cm³/mol. The van der Waals surface area contributed by atoms with Crippen molar-refractivity contribution in [3.8, 4) is 0 Å². The van der Waals surface area contributed by atoms with E-state index in [0.29, 0.717) is 11.5 Å². The molecule has 3 unspecified atom stereocenters. The molecule has 19 heavy (non-hydrogen) atoms. The zero-order valence-electron chi connectivity index (χ0n) is 11.5. The Morgan fingerprint density at radius 2 is 2.21 bits per heavy atom. The summed E-state index contributed by atoms with van der Waals surface area (Å²) < 4.78 is 32.5. The van der Waals surface area contributed by atoms with Crippen LogP contribution < -0.4 is 5.32 Å². The van der Waals surface area contributed by atoms with E-state index in [1.165, 1.54) is 0 Å². The molecule has 0 aromatic heterocycles. The summed E-state index contributed by atoms with van der Waals surface area (Å²) in [5.74, 6) is -1.08. The summed E-state index contributed by atoms with van der Waals surface area (Å²) in [5, 5.41) is 3.29. The highest BCUT2D eigenvalue weighted by molar-refractivity contribution is 5.21. The van der Waals surface area contributed by atoms with Gasteiger partial charge in [-0.25, -0.2) is 8.78 Å². The van der Waals surface area contributed by atoms with Gasteiger partial charge in [-0.2, -0.15) is 0 Å². The summed E-state index contributed by atoms with van der Waals surface area (Å²) in [6, 6.07) is 4.11. The average Bonchev–Trinajstić information content (AvgIpc) is 2.86. The van der Waals surface area contributed by atoms with Crippen LogP contribution in [-0.2, 0) is 4.74 Å². The zero-order valence-corrected chi connectivity index (χ0v) is 11.5. The van der Waals surface area contributed by atoms with Crippen LogP contribution >= 0.6 is 0 Å². The Kier molecular flexibility index (Phi) is 4.88. The van der Waals surface area contributed by atoms with Crippen molar-refractivity contribution >= 4 is 0 Å². The van der Waals surface area contributed by atoms with Gasteiger partial charge in [-0.3, -0.25) is 0 Å². The first kappa shape index (κ1) is 14.4. The minimum atomic E-state index is -0.790. The normalized spacial score (nSPS) is 24.6. The van der Waals surface area contributed by atoms with Gasteiger partial charge in [0.2, 0.25) is 0 Å². The Hall–Kier alpha value is -1.00. The monoisotopic (exact) mass is 269 g/mol. The van der Waals surface area contributed by atoms with Crippen molar-refractivity contribution in [3.05, 3.63) is 35.4 Å². The molecule has 2 nitrogen and oxygen atoms in total. The smallest absolute Gasteiger partial charge is 0.163 e. The predicted octanol–water partition coefficient (Wildman–Crippen LogP) is 3.43. The Bertz CT molecular complexity index is 425. The summed E-state index contributed by atoms with van der Waals surface area (Å²) in [6.45, 7) is 5.54. The SMILES string of the molecule is CCC1OCCC1CNC(C)c1cccc(F)c1F. The molecule has 106 valence electrons. The van der Waals surface area contributed by atoms with Crippen molar-refractivity contribution in [1.82, 2.24) is 5.32 Å². The highest BCUT2D eigenvalue weighted by Gasteiger charge is 2.27. The summed E-state index contributed by atoms with van der Waals surface area (Å²) in [5.41, 5.74) is 0.381. The summed E-state index contributed by atoms with van der Waals surface area (Å²) in [7, 11) is 0. The molecule has 0 radical (unpaired) electrons. The molecule has 1 heterocycles. The van der Waals surface area contributed by atoms with E-state index in [9.17, 15) is 8.78 Å². The third-order valence-corrected chi connectivity index (χ3v) is 3.88. The van der Waals surface area contributed by atoms with E-state index in [1.54, 1.807) is 12.1 Å². The Balaban J connectivity index is 1.94. The summed E-state index contributed by atoms with van der Waals surface area (Å²) in [6.07, 6.45) is 2.32. The number of hydrogen-bond donors (Lipinski definition) is 1. The lowest BCUT2D eigenvalue weighted by molar-refractivity contribution is 0.0867. The first-order valence-corrected chi connectivity index (χ1v) is 6.92. The van der Waals surface area contributed by atoms with Crippen LogP contribution in [0.15, 0.2) is 18.2 Å². The molecule has 1 fully saturated rings. The first-order valence-electron chi connectivity index (χ1n) is 6.92. The first-order chi connectivity index (χ1) is 9.13. The molecular weight excluding hydrogens is 248 g/mol. The van der Waals surface area contributed by atoms with Crippen molar-refractivity contribution in [3.63, 3.8) is 0 Å². The quantitative estimate of drug-likeness (QED) is 0.884. The van der Waals surface area contributed by atoms with Crippen LogP contribution in [0.2, 0.25) is 0 Å². The standard InChI is InChI=1S/C15H21F2NO/c1-3-14-11(7-8-19-14)9-18-10(2)12-5-4-6-13(16)15(12)17/h4-6,10-11,14,18H,3,7-9H2,1-2H3. The fourth-order valence-electron chi connectivity index (χ4n) is 2.67. The number of hydrogen-bond acceptors (Lipinski definition) is 2. The van der Waals surface area contributed by atoms with Crippen LogP contribution in [0.25, 0.3) is 0 Å². The second-order valence-electron chi connectivity index (χ2n) is 5.14. The van der Waals surface area contributed by atoms with E-state index in [4.69, 9.17) is 4.74 Å². The lowest BCUT2D eigenvalue weighted by atomic mass is 9.98. The van der Waals surface area contributed by atoms with Gasteiger partial charge in [-0.05, 0) is 31.7 Å². The molecule has 0 saturated carbocycles. The maximum absolute atomic E-state index is 13.7. The van der Waals surface area contributed by atoms with Gasteiger partial charge in [-0.15, -0.1) is 0 Å². The highest BCUT2D eigenvalue weighted by atomic mass is 19.2. The highest BCUT2D eigenvalue weighted by Crippen LogP contribution is 2.24. The molecule has 1 saturated heterocycles. The minimum absolute atomic E-state index is 0.200. The molecule has 0 spiro atoms. The third kappa shape index (κ3) is 3.31. The van der Waals surface area contributed by atoms with E-state index in [0.717, 1.165) is 32.1 Å². The number of ether oxygens (including phenoxy) is 1. The molecule has 3 atom stereocenters. The largest absolute Gasteiger partial charge is 0.378 e. The van der Waals surface area contributed by atoms with Gasteiger partial charge < -0.3 is 10.1 Å². The topological polar surface area (TPSA) is 21.3 Å². The molecule has 0 aliphatic carbocycles. The molecule has 1 N–H and O–H groups in total. The molecule has 2 rings (SSSR count). The summed E-state index contributed by atoms with van der Waals surface area (Å²) in [4.78, 5) is 0. The third-order valence-electron chi connectivity index (χ3n) is 3.88. The molecule has 1 aromatic carbocycles. The van der Waals surface area contributed by atoms with E-state index < -0.39 is 11.6 Å². The van der Waals surface area contributed by atoms with Crippen molar-refractivity contribution in [1.29, 1.82) is 0 Å². The second kappa shape index (κ2) is 6.44. The second-order valence-corrected chi connectivity index (χ2v) is 5.14. The van der Waals surface area contributed by atoms with Gasteiger partial charge in [0, 0.05) is 24.8 Å².